The van der Waals surface area contributed by atoms with Crippen LogP contribution < -0.4 is 0 Å². The molecule has 10 atom stereocenters. The van der Waals surface area contributed by atoms with Crippen LogP contribution in [0, 0.1) is 58.2 Å². The lowest BCUT2D eigenvalue weighted by atomic mass is 9.45. The molecule has 8 nitrogen and oxygen atoms in total. The number of ether oxygens (including phenoxy) is 4. The molecule has 0 heterocycles. The van der Waals surface area contributed by atoms with Gasteiger partial charge in [-0.25, -0.2) is 4.79 Å². The van der Waals surface area contributed by atoms with Crippen molar-refractivity contribution in [2.45, 2.75) is 99.3 Å². The van der Waals surface area contributed by atoms with Gasteiger partial charge < -0.3 is 18.9 Å². The van der Waals surface area contributed by atoms with Crippen LogP contribution in [-0.2, 0) is 38.1 Å². The van der Waals surface area contributed by atoms with E-state index in [-0.39, 0.29) is 37.9 Å². The molecule has 5 aliphatic rings. The molecule has 0 saturated heterocycles. The molecule has 8 heteroatoms. The van der Waals surface area contributed by atoms with E-state index < -0.39 is 53.0 Å². The molecule has 0 amide bonds. The first-order chi connectivity index (χ1) is 20.6. The number of hydrogen-bond donors (Lipinski definition) is 0. The van der Waals surface area contributed by atoms with Gasteiger partial charge in [0.25, 0.3) is 0 Å². The molecule has 240 valence electrons. The average Bonchev–Trinajstić information content (AvgIpc) is 3.28. The van der Waals surface area contributed by atoms with Gasteiger partial charge in [0.15, 0.2) is 0 Å². The van der Waals surface area contributed by atoms with Crippen molar-refractivity contribution >= 4 is 23.9 Å². The minimum absolute atomic E-state index is 0.0766. The Balaban J connectivity index is 1.70. The molecule has 0 aromatic heterocycles. The van der Waals surface area contributed by atoms with Crippen molar-refractivity contribution in [3.05, 3.63) is 11.1 Å². The van der Waals surface area contributed by atoms with Gasteiger partial charge in [0.1, 0.15) is 5.92 Å². The van der Waals surface area contributed by atoms with Crippen LogP contribution in [-0.4, -0.2) is 50.3 Å². The van der Waals surface area contributed by atoms with E-state index in [1.54, 1.807) is 27.7 Å². The third-order valence-electron chi connectivity index (χ3n) is 12.4. The van der Waals surface area contributed by atoms with Crippen molar-refractivity contribution in [2.24, 2.45) is 58.2 Å². The number of rotatable bonds is 8. The zero-order valence-electron chi connectivity index (χ0n) is 27.1. The SMILES string of the molecule is CCOC(=O)C1=C2[C@@H](C[C@H]3[C@@H]4CC[C@H]5CCCC[C@]5(C)[C@H]4CC[C@]23C)[C@H](C(=O)OCC)[C@@H](C(=O)OCC)[C@@H]1C(=O)OCC. The molecule has 5 rings (SSSR count). The first-order valence-corrected chi connectivity index (χ1v) is 17.0. The lowest BCUT2D eigenvalue weighted by Crippen LogP contribution is -2.53. The molecular formula is C35H52O8. The quantitative estimate of drug-likeness (QED) is 0.245. The maximum absolute atomic E-state index is 14.0. The number of fused-ring (bicyclic) bond motifs is 7. The van der Waals surface area contributed by atoms with Gasteiger partial charge in [-0.05, 0) is 119 Å². The van der Waals surface area contributed by atoms with Gasteiger partial charge >= 0.3 is 23.9 Å². The number of carbonyl (C=O) groups excluding carboxylic acids is 4. The van der Waals surface area contributed by atoms with Crippen molar-refractivity contribution < 1.29 is 38.1 Å². The Kier molecular flexibility index (Phi) is 9.35. The average molecular weight is 601 g/mol. The minimum atomic E-state index is -1.29. The van der Waals surface area contributed by atoms with E-state index in [1.807, 2.05) is 0 Å². The van der Waals surface area contributed by atoms with Gasteiger partial charge in [0, 0.05) is 0 Å². The highest BCUT2D eigenvalue weighted by atomic mass is 16.6. The standard InChI is InChI=1S/C35H52O8/c1-7-40-30(36)25-22-19-24-21-15-14-20-13-11-12-17-34(20,5)23(21)16-18-35(24,6)29(22)28(33(39)43-10-4)27(32(38)42-9-3)26(25)31(37)41-8-2/h20-27H,7-19H2,1-6H3/t20-,21-,22+,23+,24+,25+,26-,27+,34+,35+/m1/s1. The molecule has 0 N–H and O–H groups in total. The van der Waals surface area contributed by atoms with Crippen LogP contribution in [0.25, 0.3) is 0 Å². The fourth-order valence-electron chi connectivity index (χ4n) is 10.9. The van der Waals surface area contributed by atoms with Crippen molar-refractivity contribution in [3.63, 3.8) is 0 Å². The molecule has 0 aromatic rings. The maximum Gasteiger partial charge on any atom is 0.334 e. The van der Waals surface area contributed by atoms with Crippen molar-refractivity contribution in [2.75, 3.05) is 26.4 Å². The Bertz CT molecular complexity index is 1140. The van der Waals surface area contributed by atoms with Crippen LogP contribution in [0.3, 0.4) is 0 Å². The van der Waals surface area contributed by atoms with E-state index in [4.69, 9.17) is 18.9 Å². The Morgan fingerprint density at radius 1 is 0.698 bits per heavy atom. The third kappa shape index (κ3) is 5.12. The Hall–Kier alpha value is -2.38. The van der Waals surface area contributed by atoms with Crippen LogP contribution in [0.5, 0.6) is 0 Å². The lowest BCUT2D eigenvalue weighted by Gasteiger charge is -2.60. The van der Waals surface area contributed by atoms with Gasteiger partial charge in [0.2, 0.25) is 0 Å². The summed E-state index contributed by atoms with van der Waals surface area (Å²) < 4.78 is 22.3. The first-order valence-electron chi connectivity index (χ1n) is 17.0. The molecule has 43 heavy (non-hydrogen) atoms. The summed E-state index contributed by atoms with van der Waals surface area (Å²) in [6.07, 6.45) is 10.2. The van der Waals surface area contributed by atoms with Gasteiger partial charge in [-0.2, -0.15) is 0 Å². The van der Waals surface area contributed by atoms with E-state index >= 15 is 0 Å². The second-order valence-corrected chi connectivity index (χ2v) is 14.0. The normalized spacial score (nSPS) is 39.9. The number of esters is 4. The van der Waals surface area contributed by atoms with E-state index in [1.165, 1.54) is 32.1 Å². The highest BCUT2D eigenvalue weighted by molar-refractivity contribution is 6.01. The lowest BCUT2D eigenvalue weighted by molar-refractivity contribution is -0.171. The second-order valence-electron chi connectivity index (χ2n) is 14.0. The molecule has 4 fully saturated rings. The monoisotopic (exact) mass is 600 g/mol. The molecule has 0 aromatic carbocycles. The Labute approximate surface area is 257 Å². The summed E-state index contributed by atoms with van der Waals surface area (Å²) in [7, 11) is 0. The molecule has 0 aliphatic heterocycles. The summed E-state index contributed by atoms with van der Waals surface area (Å²) >= 11 is 0. The van der Waals surface area contributed by atoms with Crippen LogP contribution in [0.4, 0.5) is 0 Å². The molecular weight excluding hydrogens is 548 g/mol. The van der Waals surface area contributed by atoms with Crippen LogP contribution in [0.2, 0.25) is 0 Å². The van der Waals surface area contributed by atoms with Crippen LogP contribution in [0.15, 0.2) is 11.1 Å². The summed E-state index contributed by atoms with van der Waals surface area (Å²) in [5, 5.41) is 0. The number of hydrogen-bond acceptors (Lipinski definition) is 8. The van der Waals surface area contributed by atoms with Crippen molar-refractivity contribution in [3.8, 4) is 0 Å². The highest BCUT2D eigenvalue weighted by Crippen LogP contribution is 2.71. The summed E-state index contributed by atoms with van der Waals surface area (Å²) in [4.78, 5) is 55.4. The summed E-state index contributed by atoms with van der Waals surface area (Å²) in [6, 6.07) is 0. The molecule has 0 spiro atoms. The maximum atomic E-state index is 14.0. The van der Waals surface area contributed by atoms with Gasteiger partial charge in [-0.3, -0.25) is 14.4 Å². The van der Waals surface area contributed by atoms with Crippen LogP contribution >= 0.6 is 0 Å². The Morgan fingerprint density at radius 3 is 1.98 bits per heavy atom. The molecule has 0 unspecified atom stereocenters. The molecule has 5 aliphatic carbocycles. The molecule has 4 saturated carbocycles. The number of carbonyl (C=O) groups is 4. The summed E-state index contributed by atoms with van der Waals surface area (Å²) in [6.45, 7) is 12.1. The zero-order chi connectivity index (χ0) is 31.1. The van der Waals surface area contributed by atoms with E-state index in [0.717, 1.165) is 30.8 Å². The first kappa shape index (κ1) is 32.0. The predicted molar refractivity (Wildman–Crippen MR) is 159 cm³/mol. The number of allylic oxidation sites excluding steroid dienone is 1. The largest absolute Gasteiger partial charge is 0.466 e. The zero-order valence-corrected chi connectivity index (χ0v) is 27.1. The van der Waals surface area contributed by atoms with Gasteiger partial charge in [-0.1, -0.05) is 26.7 Å². The van der Waals surface area contributed by atoms with Crippen LogP contribution in [0.1, 0.15) is 99.3 Å². The topological polar surface area (TPSA) is 105 Å². The fourth-order valence-corrected chi connectivity index (χ4v) is 10.9. The van der Waals surface area contributed by atoms with Crippen molar-refractivity contribution in [1.29, 1.82) is 0 Å². The third-order valence-corrected chi connectivity index (χ3v) is 12.4. The summed E-state index contributed by atoms with van der Waals surface area (Å²) in [5.41, 5.74) is 0.976. The molecule has 0 radical (unpaired) electrons. The fraction of sp³-hybridized carbons (Fsp3) is 0.829. The second kappa shape index (κ2) is 12.5. The minimum Gasteiger partial charge on any atom is -0.466 e. The Morgan fingerprint density at radius 2 is 1.33 bits per heavy atom. The van der Waals surface area contributed by atoms with Gasteiger partial charge in [-0.15, -0.1) is 0 Å². The van der Waals surface area contributed by atoms with E-state index in [9.17, 15) is 19.2 Å². The van der Waals surface area contributed by atoms with E-state index in [2.05, 4.69) is 13.8 Å². The highest BCUT2D eigenvalue weighted by Gasteiger charge is 2.67. The summed E-state index contributed by atoms with van der Waals surface area (Å²) in [5.74, 6) is -4.29. The predicted octanol–water partition coefficient (Wildman–Crippen LogP) is 6.06. The smallest absolute Gasteiger partial charge is 0.334 e. The van der Waals surface area contributed by atoms with E-state index in [0.29, 0.717) is 23.7 Å². The van der Waals surface area contributed by atoms with Crippen molar-refractivity contribution in [1.82, 2.24) is 0 Å². The molecule has 0 bridgehead atoms. The van der Waals surface area contributed by atoms with Gasteiger partial charge in [0.05, 0.1) is 43.8 Å².